The standard InChI is InChI=1S/C13H13Br2NS/c1-16(7-10-6-13(15)17-9-10)8-11-4-2-3-5-12(11)14/h2-6,9H,7-8H2,1H3. The Bertz CT molecular complexity index is 496. The lowest BCUT2D eigenvalue weighted by atomic mass is 10.2. The summed E-state index contributed by atoms with van der Waals surface area (Å²) in [7, 11) is 2.14. The van der Waals surface area contributed by atoms with Gasteiger partial charge in [0.1, 0.15) is 0 Å². The van der Waals surface area contributed by atoms with Crippen molar-refractivity contribution >= 4 is 43.2 Å². The molecule has 0 unspecified atom stereocenters. The summed E-state index contributed by atoms with van der Waals surface area (Å²) in [5, 5.41) is 2.20. The largest absolute Gasteiger partial charge is 0.298 e. The third-order valence-corrected chi connectivity index (χ3v) is 4.80. The van der Waals surface area contributed by atoms with Crippen LogP contribution < -0.4 is 0 Å². The molecule has 1 aromatic carbocycles. The maximum absolute atomic E-state index is 3.58. The molecule has 0 radical (unpaired) electrons. The SMILES string of the molecule is CN(Cc1csc(Br)c1)Cc1ccccc1Br. The predicted molar refractivity (Wildman–Crippen MR) is 81.3 cm³/mol. The summed E-state index contributed by atoms with van der Waals surface area (Å²) in [5.41, 5.74) is 2.68. The summed E-state index contributed by atoms with van der Waals surface area (Å²) >= 11 is 8.81. The van der Waals surface area contributed by atoms with Crippen molar-refractivity contribution in [3.8, 4) is 0 Å². The lowest BCUT2D eigenvalue weighted by Gasteiger charge is -2.16. The monoisotopic (exact) mass is 373 g/mol. The topological polar surface area (TPSA) is 3.24 Å². The van der Waals surface area contributed by atoms with E-state index < -0.39 is 0 Å². The Hall–Kier alpha value is -0.160. The van der Waals surface area contributed by atoms with Crippen LogP contribution >= 0.6 is 43.2 Å². The molecule has 1 aromatic heterocycles. The molecule has 1 nitrogen and oxygen atoms in total. The Balaban J connectivity index is 1.98. The number of hydrogen-bond acceptors (Lipinski definition) is 2. The minimum atomic E-state index is 0.953. The predicted octanol–water partition coefficient (Wildman–Crippen LogP) is 4.91. The van der Waals surface area contributed by atoms with E-state index in [1.54, 1.807) is 11.3 Å². The average molecular weight is 375 g/mol. The zero-order chi connectivity index (χ0) is 12.3. The zero-order valence-electron chi connectivity index (χ0n) is 9.49. The van der Waals surface area contributed by atoms with Gasteiger partial charge in [0.05, 0.1) is 3.79 Å². The molecule has 0 bridgehead atoms. The molecular formula is C13H13Br2NS. The fourth-order valence-electron chi connectivity index (χ4n) is 1.71. The van der Waals surface area contributed by atoms with Gasteiger partial charge in [0.15, 0.2) is 0 Å². The highest BCUT2D eigenvalue weighted by Crippen LogP contribution is 2.23. The summed E-state index contributed by atoms with van der Waals surface area (Å²) in [6.45, 7) is 1.93. The molecule has 0 aliphatic heterocycles. The van der Waals surface area contributed by atoms with Crippen molar-refractivity contribution in [2.24, 2.45) is 0 Å². The van der Waals surface area contributed by atoms with Crippen molar-refractivity contribution in [3.63, 3.8) is 0 Å². The third-order valence-electron chi connectivity index (χ3n) is 2.47. The van der Waals surface area contributed by atoms with Gasteiger partial charge in [0, 0.05) is 17.6 Å². The van der Waals surface area contributed by atoms with Crippen LogP contribution in [-0.4, -0.2) is 11.9 Å². The van der Waals surface area contributed by atoms with Gasteiger partial charge in [-0.2, -0.15) is 0 Å². The first-order valence-corrected chi connectivity index (χ1v) is 7.76. The van der Waals surface area contributed by atoms with E-state index in [0.717, 1.165) is 13.1 Å². The Kier molecular flexibility index (Phi) is 4.79. The van der Waals surface area contributed by atoms with Crippen LogP contribution in [0.4, 0.5) is 0 Å². The van der Waals surface area contributed by atoms with Gasteiger partial charge in [-0.1, -0.05) is 34.1 Å². The van der Waals surface area contributed by atoms with E-state index in [0.29, 0.717) is 0 Å². The number of rotatable bonds is 4. The van der Waals surface area contributed by atoms with Gasteiger partial charge >= 0.3 is 0 Å². The van der Waals surface area contributed by atoms with Crippen LogP contribution in [0.3, 0.4) is 0 Å². The van der Waals surface area contributed by atoms with Crippen molar-refractivity contribution in [2.45, 2.75) is 13.1 Å². The minimum absolute atomic E-state index is 0.953. The maximum atomic E-state index is 3.58. The number of halogens is 2. The number of benzene rings is 1. The Labute approximate surface area is 123 Å². The second-order valence-electron chi connectivity index (χ2n) is 4.02. The Morgan fingerprint density at radius 3 is 2.59 bits per heavy atom. The fraction of sp³-hybridized carbons (Fsp3) is 0.231. The van der Waals surface area contributed by atoms with Gasteiger partial charge in [-0.05, 0) is 51.6 Å². The normalized spacial score (nSPS) is 11.1. The molecule has 1 heterocycles. The average Bonchev–Trinajstić information content (AvgIpc) is 2.67. The molecule has 2 rings (SSSR count). The molecule has 17 heavy (non-hydrogen) atoms. The van der Waals surface area contributed by atoms with Gasteiger partial charge in [-0.15, -0.1) is 11.3 Å². The summed E-state index contributed by atoms with van der Waals surface area (Å²) in [4.78, 5) is 2.31. The number of nitrogens with zero attached hydrogens (tertiary/aromatic N) is 1. The lowest BCUT2D eigenvalue weighted by molar-refractivity contribution is 0.319. The van der Waals surface area contributed by atoms with Crippen LogP contribution in [0.5, 0.6) is 0 Å². The van der Waals surface area contributed by atoms with Gasteiger partial charge in [-0.3, -0.25) is 4.90 Å². The molecule has 0 spiro atoms. The van der Waals surface area contributed by atoms with Crippen molar-refractivity contribution in [1.82, 2.24) is 4.90 Å². The first-order chi connectivity index (χ1) is 8.15. The molecule has 2 aromatic rings. The quantitative estimate of drug-likeness (QED) is 0.735. The third kappa shape index (κ3) is 3.91. The van der Waals surface area contributed by atoms with Gasteiger partial charge < -0.3 is 0 Å². The second-order valence-corrected chi connectivity index (χ2v) is 7.17. The van der Waals surface area contributed by atoms with Gasteiger partial charge in [0.2, 0.25) is 0 Å². The molecule has 0 atom stereocenters. The molecule has 0 saturated carbocycles. The van der Waals surface area contributed by atoms with Crippen molar-refractivity contribution in [1.29, 1.82) is 0 Å². The smallest absolute Gasteiger partial charge is 0.0701 e. The fourth-order valence-corrected chi connectivity index (χ4v) is 3.32. The first kappa shape index (κ1) is 13.3. The van der Waals surface area contributed by atoms with E-state index in [2.05, 4.69) is 73.5 Å². The summed E-state index contributed by atoms with van der Waals surface area (Å²) < 4.78 is 2.38. The van der Waals surface area contributed by atoms with E-state index in [1.807, 2.05) is 6.07 Å². The first-order valence-electron chi connectivity index (χ1n) is 5.30. The maximum Gasteiger partial charge on any atom is 0.0701 e. The van der Waals surface area contributed by atoms with Crippen molar-refractivity contribution in [2.75, 3.05) is 7.05 Å². The number of hydrogen-bond donors (Lipinski definition) is 0. The molecule has 0 N–H and O–H groups in total. The Morgan fingerprint density at radius 2 is 1.94 bits per heavy atom. The molecule has 4 heteroatoms. The molecule has 0 aliphatic carbocycles. The van der Waals surface area contributed by atoms with E-state index in [4.69, 9.17) is 0 Å². The second kappa shape index (κ2) is 6.14. The van der Waals surface area contributed by atoms with Crippen LogP contribution in [0.15, 0.2) is 44.0 Å². The van der Waals surface area contributed by atoms with Crippen LogP contribution in [-0.2, 0) is 13.1 Å². The lowest BCUT2D eigenvalue weighted by Crippen LogP contribution is -2.17. The van der Waals surface area contributed by atoms with E-state index in [9.17, 15) is 0 Å². The highest BCUT2D eigenvalue weighted by atomic mass is 79.9. The Morgan fingerprint density at radius 1 is 1.18 bits per heavy atom. The van der Waals surface area contributed by atoms with Crippen LogP contribution in [0.2, 0.25) is 0 Å². The zero-order valence-corrected chi connectivity index (χ0v) is 13.5. The minimum Gasteiger partial charge on any atom is -0.298 e. The highest BCUT2D eigenvalue weighted by Gasteiger charge is 2.05. The highest BCUT2D eigenvalue weighted by molar-refractivity contribution is 9.11. The summed E-state index contributed by atoms with van der Waals surface area (Å²) in [6, 6.07) is 10.5. The molecule has 0 aliphatic rings. The van der Waals surface area contributed by atoms with Crippen molar-refractivity contribution < 1.29 is 0 Å². The van der Waals surface area contributed by atoms with Crippen LogP contribution in [0.1, 0.15) is 11.1 Å². The molecule has 0 saturated heterocycles. The number of thiophene rings is 1. The summed E-state index contributed by atoms with van der Waals surface area (Å²) in [5.74, 6) is 0. The van der Waals surface area contributed by atoms with E-state index >= 15 is 0 Å². The molecular weight excluding hydrogens is 362 g/mol. The molecule has 0 fully saturated rings. The van der Waals surface area contributed by atoms with Crippen LogP contribution in [0.25, 0.3) is 0 Å². The molecule has 90 valence electrons. The van der Waals surface area contributed by atoms with E-state index in [1.165, 1.54) is 19.4 Å². The molecule has 0 amide bonds. The summed E-state index contributed by atoms with van der Waals surface area (Å²) in [6.07, 6.45) is 0. The van der Waals surface area contributed by atoms with Crippen LogP contribution in [0, 0.1) is 0 Å². The van der Waals surface area contributed by atoms with E-state index in [-0.39, 0.29) is 0 Å². The van der Waals surface area contributed by atoms with Gasteiger partial charge in [0.25, 0.3) is 0 Å². The van der Waals surface area contributed by atoms with Gasteiger partial charge in [-0.25, -0.2) is 0 Å². The van der Waals surface area contributed by atoms with Crippen molar-refractivity contribution in [3.05, 3.63) is 55.1 Å².